The van der Waals surface area contributed by atoms with Gasteiger partial charge in [0.25, 0.3) is 0 Å². The maximum Gasteiger partial charge on any atom is 0.0579 e. The van der Waals surface area contributed by atoms with Crippen molar-refractivity contribution in [1.29, 1.82) is 0 Å². The summed E-state index contributed by atoms with van der Waals surface area (Å²) in [5.41, 5.74) is 3.82. The van der Waals surface area contributed by atoms with E-state index in [4.69, 9.17) is 11.6 Å². The summed E-state index contributed by atoms with van der Waals surface area (Å²) >= 11 is 9.61. The van der Waals surface area contributed by atoms with Crippen molar-refractivity contribution in [1.82, 2.24) is 5.32 Å². The molecule has 0 aromatic heterocycles. The van der Waals surface area contributed by atoms with E-state index in [0.717, 1.165) is 22.5 Å². The average molecular weight is 353 g/mol. The Morgan fingerprint density at radius 3 is 2.50 bits per heavy atom. The Kier molecular flexibility index (Phi) is 5.64. The summed E-state index contributed by atoms with van der Waals surface area (Å²) in [4.78, 5) is 0. The molecule has 0 radical (unpaired) electrons. The molecule has 2 rings (SSSR count). The zero-order valence-corrected chi connectivity index (χ0v) is 14.1. The van der Waals surface area contributed by atoms with Crippen molar-refractivity contribution in [2.75, 3.05) is 6.54 Å². The fraction of sp³-hybridized carbons (Fsp3) is 0.294. The van der Waals surface area contributed by atoms with Crippen molar-refractivity contribution in [2.24, 2.45) is 0 Å². The van der Waals surface area contributed by atoms with Gasteiger partial charge in [0.15, 0.2) is 0 Å². The van der Waals surface area contributed by atoms with Crippen molar-refractivity contribution in [3.63, 3.8) is 0 Å². The van der Waals surface area contributed by atoms with E-state index >= 15 is 0 Å². The highest BCUT2D eigenvalue weighted by Crippen LogP contribution is 2.29. The summed E-state index contributed by atoms with van der Waals surface area (Å²) in [6, 6.07) is 14.6. The Hall–Kier alpha value is -0.830. The van der Waals surface area contributed by atoms with E-state index in [0.29, 0.717) is 0 Å². The molecule has 0 aliphatic rings. The van der Waals surface area contributed by atoms with Gasteiger partial charge in [-0.25, -0.2) is 0 Å². The minimum absolute atomic E-state index is 0.199. The molecule has 2 aromatic carbocycles. The first-order chi connectivity index (χ1) is 9.63. The van der Waals surface area contributed by atoms with Gasteiger partial charge in [-0.2, -0.15) is 0 Å². The molecule has 1 unspecified atom stereocenters. The largest absolute Gasteiger partial charge is 0.306 e. The standard InChI is InChI=1S/C17H19BrClN/c1-3-11-20-17(13-7-9-14(19)10-8-13)15-5-4-6-16(18)12(15)2/h4-10,17,20H,3,11H2,1-2H3. The minimum atomic E-state index is 0.199. The monoisotopic (exact) mass is 351 g/mol. The SMILES string of the molecule is CCCNC(c1ccc(Cl)cc1)c1cccc(Br)c1C. The number of halogens is 2. The van der Waals surface area contributed by atoms with Crippen molar-refractivity contribution in [3.05, 3.63) is 68.7 Å². The van der Waals surface area contributed by atoms with Crippen LogP contribution in [0, 0.1) is 6.92 Å². The smallest absolute Gasteiger partial charge is 0.0579 e. The highest BCUT2D eigenvalue weighted by Gasteiger charge is 2.16. The van der Waals surface area contributed by atoms with Crippen LogP contribution in [0.3, 0.4) is 0 Å². The minimum Gasteiger partial charge on any atom is -0.306 e. The topological polar surface area (TPSA) is 12.0 Å². The van der Waals surface area contributed by atoms with Crippen LogP contribution in [0.25, 0.3) is 0 Å². The predicted molar refractivity (Wildman–Crippen MR) is 90.5 cm³/mol. The molecule has 0 bridgehead atoms. The molecule has 0 amide bonds. The maximum absolute atomic E-state index is 6.00. The zero-order chi connectivity index (χ0) is 14.5. The number of benzene rings is 2. The van der Waals surface area contributed by atoms with E-state index in [9.17, 15) is 0 Å². The molecule has 106 valence electrons. The van der Waals surface area contributed by atoms with Crippen LogP contribution in [0.2, 0.25) is 5.02 Å². The number of hydrogen-bond donors (Lipinski definition) is 1. The third kappa shape index (κ3) is 3.63. The third-order valence-corrected chi connectivity index (χ3v) is 4.53. The lowest BCUT2D eigenvalue weighted by molar-refractivity contribution is 0.596. The van der Waals surface area contributed by atoms with Crippen molar-refractivity contribution in [2.45, 2.75) is 26.3 Å². The molecule has 1 atom stereocenters. The second-order valence-electron chi connectivity index (χ2n) is 4.89. The van der Waals surface area contributed by atoms with Gasteiger partial charge in [0.1, 0.15) is 0 Å². The number of hydrogen-bond acceptors (Lipinski definition) is 1. The fourth-order valence-electron chi connectivity index (χ4n) is 2.29. The predicted octanol–water partition coefficient (Wildman–Crippen LogP) is 5.50. The molecule has 0 heterocycles. The molecule has 0 aliphatic heterocycles. The molecule has 0 spiro atoms. The fourth-order valence-corrected chi connectivity index (χ4v) is 2.80. The summed E-state index contributed by atoms with van der Waals surface area (Å²) in [6.45, 7) is 5.31. The lowest BCUT2D eigenvalue weighted by atomic mass is 9.95. The average Bonchev–Trinajstić information content (AvgIpc) is 2.45. The van der Waals surface area contributed by atoms with Crippen LogP contribution in [-0.4, -0.2) is 6.54 Å². The summed E-state index contributed by atoms with van der Waals surface area (Å²) in [7, 11) is 0. The zero-order valence-electron chi connectivity index (χ0n) is 11.8. The van der Waals surface area contributed by atoms with Gasteiger partial charge in [-0.15, -0.1) is 0 Å². The van der Waals surface area contributed by atoms with Crippen molar-refractivity contribution < 1.29 is 0 Å². The summed E-state index contributed by atoms with van der Waals surface area (Å²) in [5.74, 6) is 0. The van der Waals surface area contributed by atoms with Gasteiger partial charge in [0.2, 0.25) is 0 Å². The summed E-state index contributed by atoms with van der Waals surface area (Å²) in [6.07, 6.45) is 1.11. The Morgan fingerprint density at radius 2 is 1.85 bits per heavy atom. The van der Waals surface area contributed by atoms with E-state index < -0.39 is 0 Å². The lowest BCUT2D eigenvalue weighted by Gasteiger charge is -2.22. The first-order valence-corrected chi connectivity index (χ1v) is 8.04. The normalized spacial score (nSPS) is 12.4. The second kappa shape index (κ2) is 7.26. The molecule has 3 heteroatoms. The Balaban J connectivity index is 2.41. The van der Waals surface area contributed by atoms with Crippen LogP contribution in [0.5, 0.6) is 0 Å². The molecular formula is C17H19BrClN. The van der Waals surface area contributed by atoms with Crippen molar-refractivity contribution >= 4 is 27.5 Å². The summed E-state index contributed by atoms with van der Waals surface area (Å²) in [5, 5.41) is 4.40. The van der Waals surface area contributed by atoms with Gasteiger partial charge >= 0.3 is 0 Å². The van der Waals surface area contributed by atoms with Gasteiger partial charge in [0, 0.05) is 9.50 Å². The van der Waals surface area contributed by atoms with Crippen LogP contribution >= 0.6 is 27.5 Å². The second-order valence-corrected chi connectivity index (χ2v) is 6.18. The van der Waals surface area contributed by atoms with Crippen LogP contribution in [0.1, 0.15) is 36.1 Å². The first kappa shape index (κ1) is 15.6. The molecule has 20 heavy (non-hydrogen) atoms. The molecule has 0 saturated heterocycles. The van der Waals surface area contributed by atoms with Gasteiger partial charge < -0.3 is 5.32 Å². The van der Waals surface area contributed by atoms with Crippen LogP contribution in [-0.2, 0) is 0 Å². The van der Waals surface area contributed by atoms with E-state index in [1.54, 1.807) is 0 Å². The Morgan fingerprint density at radius 1 is 1.15 bits per heavy atom. The number of nitrogens with one attached hydrogen (secondary N) is 1. The van der Waals surface area contributed by atoms with Gasteiger partial charge in [0.05, 0.1) is 6.04 Å². The molecule has 0 saturated carbocycles. The maximum atomic E-state index is 6.00. The van der Waals surface area contributed by atoms with Gasteiger partial charge in [-0.1, -0.05) is 58.7 Å². The van der Waals surface area contributed by atoms with E-state index in [-0.39, 0.29) is 6.04 Å². The van der Waals surface area contributed by atoms with E-state index in [2.05, 4.69) is 65.4 Å². The van der Waals surface area contributed by atoms with E-state index in [1.807, 2.05) is 12.1 Å². The Labute approximate surface area is 134 Å². The molecule has 1 nitrogen and oxygen atoms in total. The number of rotatable bonds is 5. The first-order valence-electron chi connectivity index (χ1n) is 6.87. The van der Waals surface area contributed by atoms with Crippen LogP contribution < -0.4 is 5.32 Å². The van der Waals surface area contributed by atoms with E-state index in [1.165, 1.54) is 16.7 Å². The van der Waals surface area contributed by atoms with Crippen LogP contribution in [0.15, 0.2) is 46.9 Å². The highest BCUT2D eigenvalue weighted by molar-refractivity contribution is 9.10. The molecule has 0 fully saturated rings. The molecule has 0 aliphatic carbocycles. The Bertz CT molecular complexity index is 566. The lowest BCUT2D eigenvalue weighted by Crippen LogP contribution is -2.24. The highest BCUT2D eigenvalue weighted by atomic mass is 79.9. The third-order valence-electron chi connectivity index (χ3n) is 3.42. The van der Waals surface area contributed by atoms with Crippen LogP contribution in [0.4, 0.5) is 0 Å². The quantitative estimate of drug-likeness (QED) is 0.749. The molecule has 1 N–H and O–H groups in total. The molecular weight excluding hydrogens is 334 g/mol. The van der Waals surface area contributed by atoms with Gasteiger partial charge in [-0.3, -0.25) is 0 Å². The van der Waals surface area contributed by atoms with Crippen molar-refractivity contribution in [3.8, 4) is 0 Å². The molecule has 2 aromatic rings. The summed E-state index contributed by atoms with van der Waals surface area (Å²) < 4.78 is 1.15. The van der Waals surface area contributed by atoms with Gasteiger partial charge in [-0.05, 0) is 54.8 Å².